The number of carbonyl (C=O) groups is 2. The first-order valence-electron chi connectivity index (χ1n) is 8.97. The fourth-order valence-electron chi connectivity index (χ4n) is 2.76. The molecule has 0 aliphatic carbocycles. The van der Waals surface area contributed by atoms with Gasteiger partial charge in [0.05, 0.1) is 0 Å². The fourth-order valence-corrected chi connectivity index (χ4v) is 2.76. The number of aromatic hydroxyl groups is 1. The molecule has 3 aromatic rings. The molecule has 9 nitrogen and oxygen atoms in total. The number of benzene rings is 2. The highest BCUT2D eigenvalue weighted by atomic mass is 16.5. The predicted molar refractivity (Wildman–Crippen MR) is 107 cm³/mol. The molecule has 1 heterocycles. The van der Waals surface area contributed by atoms with Gasteiger partial charge in [0.1, 0.15) is 29.3 Å². The Kier molecular flexibility index (Phi) is 6.10. The number of amides is 1. The number of hydrogen-bond acceptors (Lipinski definition) is 7. The maximum Gasteiger partial charge on any atom is 0.320 e. The van der Waals surface area contributed by atoms with Crippen LogP contribution in [0.15, 0.2) is 48.5 Å². The summed E-state index contributed by atoms with van der Waals surface area (Å²) in [5.74, 6) is -1.28. The SMILES string of the molecule is N#Cc1nc(C(=O)NCCC(N)C(=O)O)c(O)c2ccc(Oc3ccccc3)cc12. The standard InChI is InChI=1S/C21H18N4O5/c22-11-17-15-10-13(30-12-4-2-1-3-5-12)6-7-14(15)19(26)18(25-17)20(27)24-9-8-16(23)21(28)29/h1-7,10,16,26H,8-9,23H2,(H,24,27)(H,28,29). The Morgan fingerprint density at radius 2 is 1.90 bits per heavy atom. The zero-order valence-electron chi connectivity index (χ0n) is 15.7. The molecule has 0 bridgehead atoms. The van der Waals surface area contributed by atoms with E-state index in [-0.39, 0.29) is 29.7 Å². The quantitative estimate of drug-likeness (QED) is 0.464. The molecule has 0 aliphatic rings. The lowest BCUT2D eigenvalue weighted by Crippen LogP contribution is -2.35. The van der Waals surface area contributed by atoms with Gasteiger partial charge in [-0.1, -0.05) is 18.2 Å². The molecule has 0 saturated heterocycles. The molecule has 0 radical (unpaired) electrons. The van der Waals surface area contributed by atoms with Crippen molar-refractivity contribution in [1.82, 2.24) is 10.3 Å². The van der Waals surface area contributed by atoms with Crippen molar-refractivity contribution in [3.63, 3.8) is 0 Å². The number of rotatable bonds is 7. The van der Waals surface area contributed by atoms with Crippen LogP contribution in [0.5, 0.6) is 17.2 Å². The molecule has 3 rings (SSSR count). The number of carboxylic acids is 1. The van der Waals surface area contributed by atoms with Gasteiger partial charge in [0, 0.05) is 17.3 Å². The first-order chi connectivity index (χ1) is 14.4. The highest BCUT2D eigenvalue weighted by molar-refractivity contribution is 6.03. The molecule has 1 amide bonds. The average Bonchev–Trinajstić information content (AvgIpc) is 2.74. The summed E-state index contributed by atoms with van der Waals surface area (Å²) >= 11 is 0. The number of carboxylic acid groups (broad SMARTS) is 1. The second-order valence-electron chi connectivity index (χ2n) is 6.38. The lowest BCUT2D eigenvalue weighted by atomic mass is 10.1. The van der Waals surface area contributed by atoms with Gasteiger partial charge in [-0.05, 0) is 36.8 Å². The summed E-state index contributed by atoms with van der Waals surface area (Å²) in [5.41, 5.74) is 4.99. The Morgan fingerprint density at radius 1 is 1.17 bits per heavy atom. The van der Waals surface area contributed by atoms with Gasteiger partial charge in [-0.15, -0.1) is 0 Å². The normalized spacial score (nSPS) is 11.5. The largest absolute Gasteiger partial charge is 0.505 e. The lowest BCUT2D eigenvalue weighted by molar-refractivity contribution is -0.138. The van der Waals surface area contributed by atoms with Crippen LogP contribution in [0.25, 0.3) is 10.8 Å². The number of aromatic nitrogens is 1. The highest BCUT2D eigenvalue weighted by Gasteiger charge is 2.20. The fraction of sp³-hybridized carbons (Fsp3) is 0.143. The van der Waals surface area contributed by atoms with Gasteiger partial charge in [0.15, 0.2) is 11.4 Å². The van der Waals surface area contributed by atoms with Gasteiger partial charge in [-0.25, -0.2) is 4.98 Å². The molecular formula is C21H18N4O5. The van der Waals surface area contributed by atoms with Crippen molar-refractivity contribution in [2.24, 2.45) is 5.73 Å². The van der Waals surface area contributed by atoms with Gasteiger partial charge in [-0.3, -0.25) is 9.59 Å². The van der Waals surface area contributed by atoms with Gasteiger partial charge in [0.25, 0.3) is 5.91 Å². The van der Waals surface area contributed by atoms with E-state index in [0.717, 1.165) is 0 Å². The third-order valence-electron chi connectivity index (χ3n) is 4.31. The number of hydrogen-bond donors (Lipinski definition) is 4. The van der Waals surface area contributed by atoms with Crippen LogP contribution in [0.1, 0.15) is 22.6 Å². The molecule has 2 aromatic carbocycles. The minimum atomic E-state index is -1.18. The van der Waals surface area contributed by atoms with E-state index in [1.165, 1.54) is 6.07 Å². The maximum atomic E-state index is 12.4. The van der Waals surface area contributed by atoms with Crippen molar-refractivity contribution in [1.29, 1.82) is 5.26 Å². The summed E-state index contributed by atoms with van der Waals surface area (Å²) in [6, 6.07) is 14.5. The van der Waals surface area contributed by atoms with E-state index in [4.69, 9.17) is 15.6 Å². The van der Waals surface area contributed by atoms with Crippen LogP contribution in [0, 0.1) is 11.3 Å². The van der Waals surface area contributed by atoms with E-state index in [1.54, 1.807) is 24.3 Å². The number of para-hydroxylation sites is 1. The summed E-state index contributed by atoms with van der Waals surface area (Å²) in [4.78, 5) is 27.1. The second-order valence-corrected chi connectivity index (χ2v) is 6.38. The summed E-state index contributed by atoms with van der Waals surface area (Å²) < 4.78 is 5.74. The van der Waals surface area contributed by atoms with Crippen molar-refractivity contribution >= 4 is 22.6 Å². The summed E-state index contributed by atoms with van der Waals surface area (Å²) in [5, 5.41) is 31.8. The van der Waals surface area contributed by atoms with E-state index >= 15 is 0 Å². The number of ether oxygens (including phenoxy) is 1. The summed E-state index contributed by atoms with van der Waals surface area (Å²) in [7, 11) is 0. The molecule has 0 saturated carbocycles. The molecule has 152 valence electrons. The number of nitrogens with two attached hydrogens (primary N) is 1. The van der Waals surface area contributed by atoms with Crippen LogP contribution in [-0.4, -0.2) is 39.7 Å². The smallest absolute Gasteiger partial charge is 0.320 e. The first kappa shape index (κ1) is 20.6. The van der Waals surface area contributed by atoms with Crippen LogP contribution in [-0.2, 0) is 4.79 Å². The Morgan fingerprint density at radius 3 is 2.57 bits per heavy atom. The first-order valence-corrected chi connectivity index (χ1v) is 8.97. The Hall–Kier alpha value is -4.16. The van der Waals surface area contributed by atoms with Crippen molar-refractivity contribution in [3.8, 4) is 23.3 Å². The van der Waals surface area contributed by atoms with E-state index in [1.807, 2.05) is 24.3 Å². The number of carbonyl (C=O) groups excluding carboxylic acids is 1. The van der Waals surface area contributed by atoms with E-state index in [9.17, 15) is 20.0 Å². The molecule has 30 heavy (non-hydrogen) atoms. The van der Waals surface area contributed by atoms with Gasteiger partial charge in [0.2, 0.25) is 0 Å². The van der Waals surface area contributed by atoms with Crippen LogP contribution in [0.2, 0.25) is 0 Å². The molecule has 0 fully saturated rings. The van der Waals surface area contributed by atoms with E-state index in [0.29, 0.717) is 16.9 Å². The number of fused-ring (bicyclic) bond motifs is 1. The lowest BCUT2D eigenvalue weighted by Gasteiger charge is -2.12. The minimum absolute atomic E-state index is 0.000703. The number of nitriles is 1. The van der Waals surface area contributed by atoms with E-state index < -0.39 is 23.7 Å². The van der Waals surface area contributed by atoms with Crippen molar-refractivity contribution in [3.05, 3.63) is 59.9 Å². The molecule has 1 unspecified atom stereocenters. The zero-order chi connectivity index (χ0) is 21.7. The molecule has 0 aliphatic heterocycles. The Balaban J connectivity index is 1.88. The van der Waals surface area contributed by atoms with Gasteiger partial charge in [-0.2, -0.15) is 5.26 Å². The van der Waals surface area contributed by atoms with Gasteiger partial charge < -0.3 is 26.0 Å². The summed E-state index contributed by atoms with van der Waals surface area (Å²) in [6.07, 6.45) is 0.000703. The molecule has 5 N–H and O–H groups in total. The van der Waals surface area contributed by atoms with Crippen molar-refractivity contribution in [2.45, 2.75) is 12.5 Å². The minimum Gasteiger partial charge on any atom is -0.505 e. The number of nitrogens with zero attached hydrogens (tertiary/aromatic N) is 2. The van der Waals surface area contributed by atoms with Gasteiger partial charge >= 0.3 is 5.97 Å². The average molecular weight is 406 g/mol. The number of aliphatic carboxylic acids is 1. The number of pyridine rings is 1. The zero-order valence-corrected chi connectivity index (χ0v) is 15.7. The molecule has 1 atom stereocenters. The maximum absolute atomic E-state index is 12.4. The monoisotopic (exact) mass is 406 g/mol. The Labute approximate surface area is 171 Å². The van der Waals surface area contributed by atoms with Crippen molar-refractivity contribution in [2.75, 3.05) is 6.54 Å². The van der Waals surface area contributed by atoms with Crippen LogP contribution in [0.4, 0.5) is 0 Å². The topological polar surface area (TPSA) is 159 Å². The molecular weight excluding hydrogens is 388 g/mol. The highest BCUT2D eigenvalue weighted by Crippen LogP contribution is 2.33. The van der Waals surface area contributed by atoms with E-state index in [2.05, 4.69) is 10.3 Å². The molecule has 0 spiro atoms. The van der Waals surface area contributed by atoms with Crippen LogP contribution >= 0.6 is 0 Å². The summed E-state index contributed by atoms with van der Waals surface area (Å²) in [6.45, 7) is -0.0306. The van der Waals surface area contributed by atoms with Crippen LogP contribution < -0.4 is 15.8 Å². The van der Waals surface area contributed by atoms with Crippen molar-refractivity contribution < 1.29 is 24.5 Å². The Bertz CT molecular complexity index is 1140. The number of nitrogens with one attached hydrogen (secondary N) is 1. The van der Waals surface area contributed by atoms with Crippen LogP contribution in [0.3, 0.4) is 0 Å². The second kappa shape index (κ2) is 8.89. The third kappa shape index (κ3) is 4.45. The predicted octanol–water partition coefficient (Wildman–Crippen LogP) is 2.14. The third-order valence-corrected chi connectivity index (χ3v) is 4.31. The molecule has 1 aromatic heterocycles. The molecule has 9 heteroatoms.